The first kappa shape index (κ1) is 15.0. The van der Waals surface area contributed by atoms with Gasteiger partial charge in [-0.25, -0.2) is 0 Å². The first-order valence-electron chi connectivity index (χ1n) is 7.47. The molecule has 0 aromatic heterocycles. The molecule has 0 fully saturated rings. The Morgan fingerprint density at radius 1 is 0.826 bits per heavy atom. The van der Waals surface area contributed by atoms with E-state index in [-0.39, 0.29) is 0 Å². The lowest BCUT2D eigenvalue weighted by molar-refractivity contribution is 0.308. The van der Waals surface area contributed by atoms with Crippen molar-refractivity contribution in [2.75, 3.05) is 12.8 Å². The van der Waals surface area contributed by atoms with Gasteiger partial charge in [-0.05, 0) is 41.0 Å². The molecule has 0 bridgehead atoms. The van der Waals surface area contributed by atoms with Gasteiger partial charge in [-0.15, -0.1) is 0 Å². The summed E-state index contributed by atoms with van der Waals surface area (Å²) >= 11 is 0. The van der Waals surface area contributed by atoms with Crippen LogP contribution >= 0.6 is 0 Å². The minimum absolute atomic E-state index is 0.497. The molecular weight excluding hydrogens is 286 g/mol. The summed E-state index contributed by atoms with van der Waals surface area (Å²) in [4.78, 5) is 0. The highest BCUT2D eigenvalue weighted by molar-refractivity contribution is 5.70. The predicted molar refractivity (Wildman–Crippen MR) is 93.6 cm³/mol. The van der Waals surface area contributed by atoms with E-state index >= 15 is 0 Å². The van der Waals surface area contributed by atoms with Crippen LogP contribution in [0.3, 0.4) is 0 Å². The molecule has 3 nitrogen and oxygen atoms in total. The van der Waals surface area contributed by atoms with E-state index < -0.39 is 0 Å². The molecule has 0 heterocycles. The molecule has 3 aromatic rings. The molecule has 0 aliphatic heterocycles. The van der Waals surface area contributed by atoms with Gasteiger partial charge in [0.05, 0.1) is 12.8 Å². The van der Waals surface area contributed by atoms with E-state index in [1.165, 1.54) is 0 Å². The van der Waals surface area contributed by atoms with E-state index in [9.17, 15) is 0 Å². The maximum absolute atomic E-state index is 6.03. The highest BCUT2D eigenvalue weighted by Crippen LogP contribution is 2.30. The van der Waals surface area contributed by atoms with Crippen LogP contribution < -0.4 is 15.2 Å². The van der Waals surface area contributed by atoms with E-state index in [0.717, 1.165) is 22.4 Å². The SMILES string of the molecule is COc1ccc(-c2ccc(N)c(OCc3ccccc3)c2)cc1. The van der Waals surface area contributed by atoms with Crippen LogP contribution in [-0.4, -0.2) is 7.11 Å². The summed E-state index contributed by atoms with van der Waals surface area (Å²) in [6.45, 7) is 0.497. The van der Waals surface area contributed by atoms with Crippen LogP contribution in [0.1, 0.15) is 5.56 Å². The maximum Gasteiger partial charge on any atom is 0.143 e. The summed E-state index contributed by atoms with van der Waals surface area (Å²) < 4.78 is 11.1. The van der Waals surface area contributed by atoms with Gasteiger partial charge in [0, 0.05) is 0 Å². The molecule has 0 spiro atoms. The van der Waals surface area contributed by atoms with Crippen LogP contribution in [0.25, 0.3) is 11.1 Å². The Morgan fingerprint density at radius 2 is 1.52 bits per heavy atom. The lowest BCUT2D eigenvalue weighted by Gasteiger charge is -2.11. The number of benzene rings is 3. The van der Waals surface area contributed by atoms with Gasteiger partial charge < -0.3 is 15.2 Å². The fourth-order valence-electron chi connectivity index (χ4n) is 2.36. The first-order valence-corrected chi connectivity index (χ1v) is 7.47. The number of rotatable bonds is 5. The largest absolute Gasteiger partial charge is 0.497 e. The first-order chi connectivity index (χ1) is 11.3. The van der Waals surface area contributed by atoms with Gasteiger partial charge in [-0.3, -0.25) is 0 Å². The second kappa shape index (κ2) is 6.88. The summed E-state index contributed by atoms with van der Waals surface area (Å²) in [7, 11) is 1.66. The molecule has 116 valence electrons. The van der Waals surface area contributed by atoms with Crippen molar-refractivity contribution >= 4 is 5.69 Å². The van der Waals surface area contributed by atoms with Crippen molar-refractivity contribution in [3.63, 3.8) is 0 Å². The number of nitrogens with two attached hydrogens (primary N) is 1. The van der Waals surface area contributed by atoms with E-state index in [0.29, 0.717) is 18.0 Å². The molecule has 0 aliphatic rings. The number of methoxy groups -OCH3 is 1. The van der Waals surface area contributed by atoms with E-state index in [1.807, 2.05) is 72.8 Å². The van der Waals surface area contributed by atoms with Gasteiger partial charge in [0.1, 0.15) is 18.1 Å². The molecular formula is C20H19NO2. The monoisotopic (exact) mass is 305 g/mol. The summed E-state index contributed by atoms with van der Waals surface area (Å²) in [5.41, 5.74) is 9.94. The third-order valence-corrected chi connectivity index (χ3v) is 3.67. The lowest BCUT2D eigenvalue weighted by atomic mass is 10.0. The van der Waals surface area contributed by atoms with E-state index in [2.05, 4.69) is 0 Å². The molecule has 0 amide bonds. The second-order valence-electron chi connectivity index (χ2n) is 5.26. The molecule has 3 heteroatoms. The normalized spacial score (nSPS) is 10.3. The molecule has 0 saturated heterocycles. The quantitative estimate of drug-likeness (QED) is 0.705. The average Bonchev–Trinajstić information content (AvgIpc) is 2.62. The van der Waals surface area contributed by atoms with Gasteiger partial charge in [0.25, 0.3) is 0 Å². The van der Waals surface area contributed by atoms with Gasteiger partial charge in [-0.1, -0.05) is 48.5 Å². The van der Waals surface area contributed by atoms with Crippen molar-refractivity contribution in [1.29, 1.82) is 0 Å². The van der Waals surface area contributed by atoms with Gasteiger partial charge in [0.15, 0.2) is 0 Å². The summed E-state index contributed by atoms with van der Waals surface area (Å²) in [6, 6.07) is 23.8. The molecule has 0 radical (unpaired) electrons. The van der Waals surface area contributed by atoms with Crippen molar-refractivity contribution in [1.82, 2.24) is 0 Å². The molecule has 3 rings (SSSR count). The number of hydrogen-bond donors (Lipinski definition) is 1. The Balaban J connectivity index is 1.80. The Kier molecular flexibility index (Phi) is 4.48. The fraction of sp³-hybridized carbons (Fsp3) is 0.100. The standard InChI is InChI=1S/C20H19NO2/c1-22-18-10-7-16(8-11-18)17-9-12-19(21)20(13-17)23-14-15-5-3-2-4-6-15/h2-13H,14,21H2,1H3. The van der Waals surface area contributed by atoms with E-state index in [4.69, 9.17) is 15.2 Å². The van der Waals surface area contributed by atoms with Crippen molar-refractivity contribution in [3.8, 4) is 22.6 Å². The predicted octanol–water partition coefficient (Wildman–Crippen LogP) is 4.52. The molecule has 3 aromatic carbocycles. The van der Waals surface area contributed by atoms with Crippen LogP contribution in [0.2, 0.25) is 0 Å². The van der Waals surface area contributed by atoms with Crippen LogP contribution in [-0.2, 0) is 6.61 Å². The van der Waals surface area contributed by atoms with Crippen molar-refractivity contribution < 1.29 is 9.47 Å². The summed E-state index contributed by atoms with van der Waals surface area (Å²) in [5, 5.41) is 0. The van der Waals surface area contributed by atoms with Crippen LogP contribution in [0.4, 0.5) is 5.69 Å². The molecule has 0 saturated carbocycles. The molecule has 2 N–H and O–H groups in total. The minimum Gasteiger partial charge on any atom is -0.497 e. The Bertz CT molecular complexity index is 767. The molecule has 0 atom stereocenters. The Hall–Kier alpha value is -2.94. The zero-order valence-corrected chi connectivity index (χ0v) is 13.0. The number of nitrogen functional groups attached to an aromatic ring is 1. The van der Waals surface area contributed by atoms with Crippen molar-refractivity contribution in [2.45, 2.75) is 6.61 Å². The summed E-state index contributed by atoms with van der Waals surface area (Å²) in [6.07, 6.45) is 0. The third-order valence-electron chi connectivity index (χ3n) is 3.67. The Morgan fingerprint density at radius 3 is 2.22 bits per heavy atom. The second-order valence-corrected chi connectivity index (χ2v) is 5.26. The van der Waals surface area contributed by atoms with Crippen molar-refractivity contribution in [3.05, 3.63) is 78.4 Å². The van der Waals surface area contributed by atoms with Crippen LogP contribution in [0.5, 0.6) is 11.5 Å². The van der Waals surface area contributed by atoms with Gasteiger partial charge in [-0.2, -0.15) is 0 Å². The molecule has 23 heavy (non-hydrogen) atoms. The maximum atomic E-state index is 6.03. The molecule has 0 unspecified atom stereocenters. The van der Waals surface area contributed by atoms with Crippen LogP contribution in [0.15, 0.2) is 72.8 Å². The van der Waals surface area contributed by atoms with Gasteiger partial charge in [0.2, 0.25) is 0 Å². The topological polar surface area (TPSA) is 44.5 Å². The van der Waals surface area contributed by atoms with Gasteiger partial charge >= 0.3 is 0 Å². The lowest BCUT2D eigenvalue weighted by Crippen LogP contribution is -1.99. The summed E-state index contributed by atoms with van der Waals surface area (Å²) in [5.74, 6) is 1.53. The fourth-order valence-corrected chi connectivity index (χ4v) is 2.36. The number of anilines is 1. The minimum atomic E-state index is 0.497. The van der Waals surface area contributed by atoms with E-state index in [1.54, 1.807) is 7.11 Å². The average molecular weight is 305 g/mol. The zero-order chi connectivity index (χ0) is 16.1. The molecule has 0 aliphatic carbocycles. The van der Waals surface area contributed by atoms with Crippen molar-refractivity contribution in [2.24, 2.45) is 0 Å². The van der Waals surface area contributed by atoms with Crippen LogP contribution in [0, 0.1) is 0 Å². The number of hydrogen-bond acceptors (Lipinski definition) is 3. The highest BCUT2D eigenvalue weighted by atomic mass is 16.5. The highest BCUT2D eigenvalue weighted by Gasteiger charge is 2.05. The number of ether oxygens (including phenoxy) is 2. The smallest absolute Gasteiger partial charge is 0.143 e. The Labute approximate surface area is 136 Å². The third kappa shape index (κ3) is 3.64. The zero-order valence-electron chi connectivity index (χ0n) is 13.0.